The van der Waals surface area contributed by atoms with E-state index < -0.39 is 11.9 Å². The Balaban J connectivity index is 3.48. The first-order valence-electron chi connectivity index (χ1n) is 3.85. The van der Waals surface area contributed by atoms with Crippen molar-refractivity contribution in [3.05, 3.63) is 34.9 Å². The van der Waals surface area contributed by atoms with E-state index in [0.29, 0.717) is 0 Å². The van der Waals surface area contributed by atoms with Gasteiger partial charge in [0.25, 0.3) is 0 Å². The number of carboxylic acids is 2. The third kappa shape index (κ3) is 2.11. The first-order valence-corrected chi connectivity index (χ1v) is 3.85. The molecule has 0 saturated carbocycles. The molecule has 0 unspecified atom stereocenters. The SMILES string of the molecule is O=C(O)c1cccc(C(=O)O)c1C=NO. The van der Waals surface area contributed by atoms with Crippen molar-refractivity contribution in [3.8, 4) is 0 Å². The molecule has 0 aliphatic rings. The predicted molar refractivity (Wildman–Crippen MR) is 49.7 cm³/mol. The summed E-state index contributed by atoms with van der Waals surface area (Å²) in [4.78, 5) is 21.5. The third-order valence-electron chi connectivity index (χ3n) is 1.75. The summed E-state index contributed by atoms with van der Waals surface area (Å²) in [7, 11) is 0. The summed E-state index contributed by atoms with van der Waals surface area (Å²) < 4.78 is 0. The van der Waals surface area contributed by atoms with Crippen LogP contribution in [0, 0.1) is 0 Å². The minimum absolute atomic E-state index is 0.139. The van der Waals surface area contributed by atoms with Gasteiger partial charge < -0.3 is 15.4 Å². The Morgan fingerprint density at radius 2 is 1.60 bits per heavy atom. The van der Waals surface area contributed by atoms with Crippen molar-refractivity contribution in [2.45, 2.75) is 0 Å². The van der Waals surface area contributed by atoms with Crippen molar-refractivity contribution in [2.75, 3.05) is 0 Å². The number of hydrogen-bond acceptors (Lipinski definition) is 4. The Morgan fingerprint density at radius 3 is 1.93 bits per heavy atom. The molecule has 1 rings (SSSR count). The van der Waals surface area contributed by atoms with Crippen molar-refractivity contribution >= 4 is 18.2 Å². The molecule has 0 fully saturated rings. The molecule has 0 atom stereocenters. The molecule has 0 aliphatic heterocycles. The van der Waals surface area contributed by atoms with E-state index in [0.717, 1.165) is 6.21 Å². The van der Waals surface area contributed by atoms with Gasteiger partial charge >= 0.3 is 11.9 Å². The molecule has 3 N–H and O–H groups in total. The average molecular weight is 209 g/mol. The molecule has 0 aliphatic carbocycles. The van der Waals surface area contributed by atoms with Crippen molar-refractivity contribution < 1.29 is 25.0 Å². The zero-order chi connectivity index (χ0) is 11.4. The third-order valence-corrected chi connectivity index (χ3v) is 1.75. The second-order valence-electron chi connectivity index (χ2n) is 2.62. The first kappa shape index (κ1) is 10.7. The lowest BCUT2D eigenvalue weighted by atomic mass is 10.0. The van der Waals surface area contributed by atoms with Gasteiger partial charge in [0, 0.05) is 5.56 Å². The van der Waals surface area contributed by atoms with E-state index in [-0.39, 0.29) is 16.7 Å². The highest BCUT2D eigenvalue weighted by Crippen LogP contribution is 2.13. The smallest absolute Gasteiger partial charge is 0.336 e. The predicted octanol–water partition coefficient (Wildman–Crippen LogP) is 0.891. The van der Waals surface area contributed by atoms with Crippen LogP contribution < -0.4 is 0 Å². The maximum Gasteiger partial charge on any atom is 0.336 e. The minimum atomic E-state index is -1.28. The highest BCUT2D eigenvalue weighted by atomic mass is 16.4. The number of hydrogen-bond donors (Lipinski definition) is 3. The molecule has 0 aromatic heterocycles. The normalized spacial score (nSPS) is 10.4. The average Bonchev–Trinajstić information content (AvgIpc) is 2.17. The number of carboxylic acid groups (broad SMARTS) is 2. The van der Waals surface area contributed by atoms with E-state index >= 15 is 0 Å². The van der Waals surface area contributed by atoms with E-state index in [1.54, 1.807) is 0 Å². The molecule has 0 amide bonds. The van der Waals surface area contributed by atoms with Gasteiger partial charge in [-0.1, -0.05) is 11.2 Å². The molecule has 0 heterocycles. The summed E-state index contributed by atoms with van der Waals surface area (Å²) >= 11 is 0. The summed E-state index contributed by atoms with van der Waals surface area (Å²) in [5, 5.41) is 28.5. The molecule has 6 heteroatoms. The highest BCUT2D eigenvalue weighted by molar-refractivity contribution is 6.06. The molecule has 1 aromatic carbocycles. The fourth-order valence-electron chi connectivity index (χ4n) is 1.14. The first-order chi connectivity index (χ1) is 7.07. The molecule has 1 aromatic rings. The quantitative estimate of drug-likeness (QED) is 0.389. The van der Waals surface area contributed by atoms with Crippen LogP contribution in [0.1, 0.15) is 26.3 Å². The number of aromatic carboxylic acids is 2. The number of rotatable bonds is 3. The van der Waals surface area contributed by atoms with Gasteiger partial charge in [-0.15, -0.1) is 0 Å². The van der Waals surface area contributed by atoms with Gasteiger partial charge in [-0.3, -0.25) is 0 Å². The largest absolute Gasteiger partial charge is 0.478 e. The highest BCUT2D eigenvalue weighted by Gasteiger charge is 2.16. The summed E-state index contributed by atoms with van der Waals surface area (Å²) in [5.74, 6) is -2.57. The van der Waals surface area contributed by atoms with Crippen LogP contribution in [-0.4, -0.2) is 33.6 Å². The Bertz CT molecular complexity index is 406. The van der Waals surface area contributed by atoms with Crippen LogP contribution in [0.15, 0.2) is 23.4 Å². The van der Waals surface area contributed by atoms with Crippen molar-refractivity contribution in [1.29, 1.82) is 0 Å². The lowest BCUT2D eigenvalue weighted by Gasteiger charge is -2.03. The number of oxime groups is 1. The monoisotopic (exact) mass is 209 g/mol. The Kier molecular flexibility index (Phi) is 3.02. The zero-order valence-corrected chi connectivity index (χ0v) is 7.41. The standard InChI is InChI=1S/C9H7NO5/c11-8(12)5-2-1-3-6(9(13)14)7(5)4-10-15/h1-4,15H,(H,11,12)(H,13,14). The Hall–Kier alpha value is -2.37. The van der Waals surface area contributed by atoms with E-state index in [4.69, 9.17) is 15.4 Å². The molecular formula is C9H7NO5. The van der Waals surface area contributed by atoms with Crippen LogP contribution in [-0.2, 0) is 0 Å². The summed E-state index contributed by atoms with van der Waals surface area (Å²) in [6.45, 7) is 0. The van der Waals surface area contributed by atoms with Gasteiger partial charge in [0.2, 0.25) is 0 Å². The summed E-state index contributed by atoms with van der Waals surface area (Å²) in [6, 6.07) is 3.76. The van der Waals surface area contributed by atoms with E-state index in [1.807, 2.05) is 0 Å². The molecular weight excluding hydrogens is 202 g/mol. The minimum Gasteiger partial charge on any atom is -0.478 e. The maximum atomic E-state index is 10.7. The van der Waals surface area contributed by atoms with Gasteiger partial charge in [-0.2, -0.15) is 0 Å². The van der Waals surface area contributed by atoms with E-state index in [9.17, 15) is 9.59 Å². The van der Waals surface area contributed by atoms with Crippen LogP contribution >= 0.6 is 0 Å². The van der Waals surface area contributed by atoms with Gasteiger partial charge in [-0.05, 0) is 12.1 Å². The molecule has 0 saturated heterocycles. The van der Waals surface area contributed by atoms with Crippen molar-refractivity contribution in [2.24, 2.45) is 5.16 Å². The van der Waals surface area contributed by atoms with Gasteiger partial charge in [0.15, 0.2) is 0 Å². The number of nitrogens with zero attached hydrogens (tertiary/aromatic N) is 1. The van der Waals surface area contributed by atoms with Gasteiger partial charge in [0.1, 0.15) is 0 Å². The maximum absolute atomic E-state index is 10.7. The molecule has 15 heavy (non-hydrogen) atoms. The van der Waals surface area contributed by atoms with Crippen LogP contribution in [0.25, 0.3) is 0 Å². The molecule has 6 nitrogen and oxygen atoms in total. The Morgan fingerprint density at radius 1 is 1.13 bits per heavy atom. The number of carbonyl (C=O) groups is 2. The number of benzene rings is 1. The molecule has 0 radical (unpaired) electrons. The second-order valence-corrected chi connectivity index (χ2v) is 2.62. The lowest BCUT2D eigenvalue weighted by Crippen LogP contribution is -2.09. The fraction of sp³-hybridized carbons (Fsp3) is 0. The van der Waals surface area contributed by atoms with Gasteiger partial charge in [0.05, 0.1) is 17.3 Å². The van der Waals surface area contributed by atoms with Crippen LogP contribution in [0.5, 0.6) is 0 Å². The van der Waals surface area contributed by atoms with Crippen molar-refractivity contribution in [3.63, 3.8) is 0 Å². The van der Waals surface area contributed by atoms with Gasteiger partial charge in [-0.25, -0.2) is 9.59 Å². The molecule has 0 bridgehead atoms. The molecule has 78 valence electrons. The fourth-order valence-corrected chi connectivity index (χ4v) is 1.14. The summed E-state index contributed by atoms with van der Waals surface area (Å²) in [6.07, 6.45) is 0.785. The zero-order valence-electron chi connectivity index (χ0n) is 7.41. The lowest BCUT2D eigenvalue weighted by molar-refractivity contribution is 0.0696. The van der Waals surface area contributed by atoms with E-state index in [1.165, 1.54) is 18.2 Å². The Labute approximate surface area is 84.1 Å². The second kappa shape index (κ2) is 4.23. The van der Waals surface area contributed by atoms with Crippen LogP contribution in [0.3, 0.4) is 0 Å². The van der Waals surface area contributed by atoms with Crippen LogP contribution in [0.4, 0.5) is 0 Å². The van der Waals surface area contributed by atoms with Crippen LogP contribution in [0.2, 0.25) is 0 Å². The topological polar surface area (TPSA) is 107 Å². The molecule has 0 spiro atoms. The van der Waals surface area contributed by atoms with Crippen molar-refractivity contribution in [1.82, 2.24) is 0 Å². The summed E-state index contributed by atoms with van der Waals surface area (Å²) in [5.41, 5.74) is -0.597. The van der Waals surface area contributed by atoms with E-state index in [2.05, 4.69) is 5.16 Å².